The van der Waals surface area contributed by atoms with Gasteiger partial charge in [-0.15, -0.1) is 0 Å². The van der Waals surface area contributed by atoms with Crippen LogP contribution in [0, 0.1) is 5.92 Å². The standard InChI is InChI=1S/C16H22ClN3O3/c17-15-6-13(23-19-15)3-4-16(21)18-11-5-12-9-22-14(10-1-2-10)8-20(12)7-11/h6,10-12,14H,1-5,7-9H2,(H,18,21)/t11-,12+,14-/m1/s1. The Hall–Kier alpha value is -1.11. The van der Waals surface area contributed by atoms with Crippen LogP contribution in [-0.4, -0.2) is 53.8 Å². The van der Waals surface area contributed by atoms with Crippen molar-refractivity contribution in [3.8, 4) is 0 Å². The first-order valence-electron chi connectivity index (χ1n) is 8.43. The summed E-state index contributed by atoms with van der Waals surface area (Å²) in [6, 6.07) is 2.34. The fraction of sp³-hybridized carbons (Fsp3) is 0.750. The molecule has 7 heteroatoms. The number of fused-ring (bicyclic) bond motifs is 1. The van der Waals surface area contributed by atoms with Gasteiger partial charge in [-0.2, -0.15) is 0 Å². The molecule has 3 atom stereocenters. The lowest BCUT2D eigenvalue weighted by Gasteiger charge is -2.35. The van der Waals surface area contributed by atoms with Gasteiger partial charge in [0.2, 0.25) is 5.91 Å². The molecule has 6 nitrogen and oxygen atoms in total. The van der Waals surface area contributed by atoms with Crippen LogP contribution in [0.1, 0.15) is 31.4 Å². The summed E-state index contributed by atoms with van der Waals surface area (Å²) in [5.74, 6) is 1.48. The van der Waals surface area contributed by atoms with E-state index in [9.17, 15) is 4.79 Å². The average Bonchev–Trinajstić information content (AvgIpc) is 3.18. The highest BCUT2D eigenvalue weighted by atomic mass is 35.5. The molecule has 126 valence electrons. The molecule has 1 aromatic heterocycles. The first kappa shape index (κ1) is 15.4. The van der Waals surface area contributed by atoms with Gasteiger partial charge in [-0.05, 0) is 25.2 Å². The van der Waals surface area contributed by atoms with E-state index in [0.29, 0.717) is 35.9 Å². The van der Waals surface area contributed by atoms with Gasteiger partial charge in [-0.25, -0.2) is 0 Å². The third-order valence-corrected chi connectivity index (χ3v) is 5.26. The second kappa shape index (κ2) is 6.42. The number of aromatic nitrogens is 1. The van der Waals surface area contributed by atoms with Gasteiger partial charge in [0, 0.05) is 44.1 Å². The molecule has 23 heavy (non-hydrogen) atoms. The number of hydrogen-bond donors (Lipinski definition) is 1. The second-order valence-corrected chi connectivity index (χ2v) is 7.32. The van der Waals surface area contributed by atoms with Crippen molar-refractivity contribution in [2.45, 2.75) is 50.3 Å². The molecule has 2 aliphatic heterocycles. The van der Waals surface area contributed by atoms with E-state index in [4.69, 9.17) is 20.9 Å². The molecule has 3 aliphatic rings. The van der Waals surface area contributed by atoms with E-state index in [-0.39, 0.29) is 11.9 Å². The Balaban J connectivity index is 1.23. The Bertz CT molecular complexity index is 575. The van der Waals surface area contributed by atoms with Crippen molar-refractivity contribution in [3.63, 3.8) is 0 Å². The quantitative estimate of drug-likeness (QED) is 0.883. The minimum absolute atomic E-state index is 0.0574. The molecule has 2 saturated heterocycles. The molecular formula is C16H22ClN3O3. The number of hydrogen-bond acceptors (Lipinski definition) is 5. The first-order chi connectivity index (χ1) is 11.2. The molecule has 0 aromatic carbocycles. The van der Waals surface area contributed by atoms with Crippen LogP contribution in [0.2, 0.25) is 5.15 Å². The highest BCUT2D eigenvalue weighted by Crippen LogP contribution is 2.37. The third-order valence-electron chi connectivity index (χ3n) is 5.09. The van der Waals surface area contributed by atoms with E-state index in [1.807, 2.05) is 0 Å². The molecule has 1 aromatic rings. The van der Waals surface area contributed by atoms with E-state index in [2.05, 4.69) is 15.4 Å². The number of carbonyl (C=O) groups excluding carboxylic acids is 1. The normalized spacial score (nSPS) is 31.1. The summed E-state index contributed by atoms with van der Waals surface area (Å²) >= 11 is 5.70. The molecule has 1 amide bonds. The molecule has 1 aliphatic carbocycles. The fourth-order valence-electron chi connectivity index (χ4n) is 3.70. The lowest BCUT2D eigenvalue weighted by Crippen LogP contribution is -2.47. The van der Waals surface area contributed by atoms with Gasteiger partial charge in [0.15, 0.2) is 5.15 Å². The van der Waals surface area contributed by atoms with Gasteiger partial charge in [0.25, 0.3) is 0 Å². The van der Waals surface area contributed by atoms with Crippen LogP contribution in [0.5, 0.6) is 0 Å². The lowest BCUT2D eigenvalue weighted by molar-refractivity contribution is -0.121. The maximum absolute atomic E-state index is 12.1. The predicted octanol–water partition coefficient (Wildman–Crippen LogP) is 1.63. The van der Waals surface area contributed by atoms with Crippen LogP contribution in [0.15, 0.2) is 10.6 Å². The number of amides is 1. The summed E-state index contributed by atoms with van der Waals surface area (Å²) in [5, 5.41) is 7.08. The van der Waals surface area contributed by atoms with E-state index >= 15 is 0 Å². The Kier molecular flexibility index (Phi) is 4.30. The zero-order chi connectivity index (χ0) is 15.8. The number of ether oxygens (including phenoxy) is 1. The number of nitrogens with one attached hydrogen (secondary N) is 1. The number of aryl methyl sites for hydroxylation is 1. The van der Waals surface area contributed by atoms with Gasteiger partial charge in [-0.3, -0.25) is 9.69 Å². The Labute approximate surface area is 140 Å². The fourth-order valence-corrected chi connectivity index (χ4v) is 3.86. The van der Waals surface area contributed by atoms with E-state index in [1.54, 1.807) is 6.07 Å². The average molecular weight is 340 g/mol. The summed E-state index contributed by atoms with van der Waals surface area (Å²) in [7, 11) is 0. The Morgan fingerprint density at radius 2 is 2.30 bits per heavy atom. The minimum Gasteiger partial charge on any atom is -0.375 e. The molecule has 1 N–H and O–H groups in total. The molecule has 0 unspecified atom stereocenters. The largest absolute Gasteiger partial charge is 0.375 e. The van der Waals surface area contributed by atoms with Gasteiger partial charge in [0.1, 0.15) is 5.76 Å². The topological polar surface area (TPSA) is 67.6 Å². The first-order valence-corrected chi connectivity index (χ1v) is 8.81. The van der Waals surface area contributed by atoms with Crippen molar-refractivity contribution >= 4 is 17.5 Å². The van der Waals surface area contributed by atoms with Crippen LogP contribution in [0.25, 0.3) is 0 Å². The monoisotopic (exact) mass is 339 g/mol. The summed E-state index contributed by atoms with van der Waals surface area (Å²) < 4.78 is 11.0. The van der Waals surface area contributed by atoms with Crippen molar-refractivity contribution in [2.24, 2.45) is 5.92 Å². The highest BCUT2D eigenvalue weighted by Gasteiger charge is 2.42. The van der Waals surface area contributed by atoms with Crippen molar-refractivity contribution < 1.29 is 14.1 Å². The molecule has 0 bridgehead atoms. The Morgan fingerprint density at radius 1 is 1.43 bits per heavy atom. The minimum atomic E-state index is 0.0574. The maximum Gasteiger partial charge on any atom is 0.220 e. The lowest BCUT2D eigenvalue weighted by atomic mass is 10.1. The van der Waals surface area contributed by atoms with Gasteiger partial charge in [0.05, 0.1) is 12.7 Å². The summed E-state index contributed by atoms with van der Waals surface area (Å²) in [6.07, 6.45) is 4.95. The summed E-state index contributed by atoms with van der Waals surface area (Å²) in [6.45, 7) is 2.78. The summed E-state index contributed by atoms with van der Waals surface area (Å²) in [5.41, 5.74) is 0. The maximum atomic E-state index is 12.1. The van der Waals surface area contributed by atoms with Crippen molar-refractivity contribution in [1.82, 2.24) is 15.4 Å². The highest BCUT2D eigenvalue weighted by molar-refractivity contribution is 6.29. The SMILES string of the molecule is O=C(CCc1cc(Cl)no1)N[C@@H]1C[C@H]2CO[C@@H](C3CC3)CN2C1. The zero-order valence-electron chi connectivity index (χ0n) is 13.0. The van der Waals surface area contributed by atoms with E-state index < -0.39 is 0 Å². The molecule has 3 fully saturated rings. The van der Waals surface area contributed by atoms with Crippen LogP contribution in [0.3, 0.4) is 0 Å². The van der Waals surface area contributed by atoms with Gasteiger partial charge in [-0.1, -0.05) is 16.8 Å². The third kappa shape index (κ3) is 3.70. The number of morpholine rings is 1. The predicted molar refractivity (Wildman–Crippen MR) is 84.2 cm³/mol. The van der Waals surface area contributed by atoms with Gasteiger partial charge >= 0.3 is 0 Å². The number of rotatable bonds is 5. The summed E-state index contributed by atoms with van der Waals surface area (Å²) in [4.78, 5) is 14.6. The molecule has 0 radical (unpaired) electrons. The molecular weight excluding hydrogens is 318 g/mol. The van der Waals surface area contributed by atoms with Crippen LogP contribution < -0.4 is 5.32 Å². The van der Waals surface area contributed by atoms with E-state index in [1.165, 1.54) is 12.8 Å². The molecule has 4 rings (SSSR count). The smallest absolute Gasteiger partial charge is 0.220 e. The van der Waals surface area contributed by atoms with Crippen LogP contribution in [0.4, 0.5) is 0 Å². The second-order valence-electron chi connectivity index (χ2n) is 6.93. The number of nitrogens with zero attached hydrogens (tertiary/aromatic N) is 2. The number of carbonyl (C=O) groups is 1. The van der Waals surface area contributed by atoms with Crippen molar-refractivity contribution in [3.05, 3.63) is 17.0 Å². The molecule has 3 heterocycles. The van der Waals surface area contributed by atoms with Crippen molar-refractivity contribution in [2.75, 3.05) is 19.7 Å². The van der Waals surface area contributed by atoms with Crippen LogP contribution >= 0.6 is 11.6 Å². The zero-order valence-corrected chi connectivity index (χ0v) is 13.8. The van der Waals surface area contributed by atoms with Crippen LogP contribution in [-0.2, 0) is 16.0 Å². The van der Waals surface area contributed by atoms with Gasteiger partial charge < -0.3 is 14.6 Å². The molecule has 1 saturated carbocycles. The Morgan fingerprint density at radius 3 is 3.04 bits per heavy atom. The molecule has 0 spiro atoms. The van der Waals surface area contributed by atoms with Crippen molar-refractivity contribution in [1.29, 1.82) is 0 Å². The van der Waals surface area contributed by atoms with E-state index in [0.717, 1.165) is 32.0 Å². The number of halogens is 1.